The van der Waals surface area contributed by atoms with E-state index >= 15 is 0 Å². The van der Waals surface area contributed by atoms with Gasteiger partial charge in [0.15, 0.2) is 0 Å². The second-order valence-electron chi connectivity index (χ2n) is 5.07. The van der Waals surface area contributed by atoms with E-state index in [-0.39, 0.29) is 17.2 Å². The molecule has 3 nitrogen and oxygen atoms in total. The fraction of sp³-hybridized carbons (Fsp3) is 0.462. The number of hydrogen-bond donors (Lipinski definition) is 2. The molecule has 0 saturated carbocycles. The Bertz CT molecular complexity index is 338. The van der Waals surface area contributed by atoms with Gasteiger partial charge in [-0.1, -0.05) is 32.9 Å². The fourth-order valence-corrected chi connectivity index (χ4v) is 1.56. The van der Waals surface area contributed by atoms with Gasteiger partial charge < -0.3 is 10.4 Å². The Balaban J connectivity index is 2.75. The van der Waals surface area contributed by atoms with Crippen molar-refractivity contribution in [2.45, 2.75) is 33.2 Å². The smallest absolute Gasteiger partial charge is 0.207 e. The topological polar surface area (TPSA) is 49.3 Å². The van der Waals surface area contributed by atoms with Crippen LogP contribution in [0, 0.1) is 5.41 Å². The molecule has 1 unspecified atom stereocenters. The van der Waals surface area contributed by atoms with Crippen molar-refractivity contribution in [3.05, 3.63) is 29.8 Å². The number of phenolic OH excluding ortho intramolecular Hbond substituents is 1. The summed E-state index contributed by atoms with van der Waals surface area (Å²) in [6, 6.07) is 7.17. The molecule has 1 aromatic carbocycles. The molecule has 1 rings (SSSR count). The Morgan fingerprint density at radius 3 is 2.31 bits per heavy atom. The zero-order valence-electron chi connectivity index (χ0n) is 10.0. The van der Waals surface area contributed by atoms with Crippen molar-refractivity contribution in [3.8, 4) is 5.75 Å². The van der Waals surface area contributed by atoms with E-state index in [1.54, 1.807) is 12.1 Å². The number of carbonyl (C=O) groups excluding carboxylic acids is 1. The number of rotatable bonds is 4. The normalized spacial score (nSPS) is 13.2. The quantitative estimate of drug-likeness (QED) is 0.765. The van der Waals surface area contributed by atoms with Crippen molar-refractivity contribution >= 4 is 6.41 Å². The summed E-state index contributed by atoms with van der Waals surface area (Å²) >= 11 is 0. The fourth-order valence-electron chi connectivity index (χ4n) is 1.56. The number of benzene rings is 1. The van der Waals surface area contributed by atoms with Crippen molar-refractivity contribution in [2.24, 2.45) is 5.41 Å². The van der Waals surface area contributed by atoms with E-state index in [0.717, 1.165) is 18.4 Å². The summed E-state index contributed by atoms with van der Waals surface area (Å²) in [5.41, 5.74) is 1.12. The van der Waals surface area contributed by atoms with Crippen LogP contribution in [-0.4, -0.2) is 17.6 Å². The Morgan fingerprint density at radius 2 is 1.88 bits per heavy atom. The first-order valence-corrected chi connectivity index (χ1v) is 5.41. The van der Waals surface area contributed by atoms with Gasteiger partial charge in [0.25, 0.3) is 0 Å². The maximum Gasteiger partial charge on any atom is 0.207 e. The lowest BCUT2D eigenvalue weighted by atomic mass is 9.83. The van der Waals surface area contributed by atoms with Crippen molar-refractivity contribution < 1.29 is 9.90 Å². The maximum atomic E-state index is 10.6. The van der Waals surface area contributed by atoms with E-state index in [2.05, 4.69) is 26.1 Å². The monoisotopic (exact) mass is 221 g/mol. The molecule has 1 amide bonds. The van der Waals surface area contributed by atoms with Gasteiger partial charge in [-0.2, -0.15) is 0 Å². The van der Waals surface area contributed by atoms with Gasteiger partial charge in [0, 0.05) is 6.04 Å². The lowest BCUT2D eigenvalue weighted by Crippen LogP contribution is -2.41. The second-order valence-corrected chi connectivity index (χ2v) is 5.07. The van der Waals surface area contributed by atoms with E-state index < -0.39 is 0 Å². The lowest BCUT2D eigenvalue weighted by Gasteiger charge is -2.30. The number of carbonyl (C=O) groups is 1. The maximum absolute atomic E-state index is 10.6. The number of phenols is 1. The van der Waals surface area contributed by atoms with Crippen LogP contribution in [0.4, 0.5) is 0 Å². The highest BCUT2D eigenvalue weighted by Crippen LogP contribution is 2.23. The third kappa shape index (κ3) is 3.57. The number of amides is 1. The standard InChI is InChI=1S/C13H19NO2/c1-13(2,3)12(14-9-15)8-10-4-6-11(16)7-5-10/h4-7,9,12,16H,8H2,1-3H3,(H,14,15). The van der Waals surface area contributed by atoms with Gasteiger partial charge in [0.05, 0.1) is 0 Å². The Labute approximate surface area is 96.5 Å². The van der Waals surface area contributed by atoms with Gasteiger partial charge in [-0.3, -0.25) is 4.79 Å². The van der Waals surface area contributed by atoms with E-state index in [1.165, 1.54) is 0 Å². The first-order valence-electron chi connectivity index (χ1n) is 5.41. The van der Waals surface area contributed by atoms with Crippen LogP contribution in [-0.2, 0) is 11.2 Å². The van der Waals surface area contributed by atoms with Crippen molar-refractivity contribution in [1.29, 1.82) is 0 Å². The average Bonchev–Trinajstić information content (AvgIpc) is 2.19. The summed E-state index contributed by atoms with van der Waals surface area (Å²) in [6.45, 7) is 6.28. The van der Waals surface area contributed by atoms with Gasteiger partial charge >= 0.3 is 0 Å². The molecule has 1 atom stereocenters. The Morgan fingerprint density at radius 1 is 1.31 bits per heavy atom. The van der Waals surface area contributed by atoms with Crippen LogP contribution in [0.25, 0.3) is 0 Å². The minimum absolute atomic E-state index is 0.0127. The molecule has 88 valence electrons. The van der Waals surface area contributed by atoms with Gasteiger partial charge in [0.1, 0.15) is 5.75 Å². The van der Waals surface area contributed by atoms with Gasteiger partial charge in [-0.25, -0.2) is 0 Å². The van der Waals surface area contributed by atoms with E-state index in [0.29, 0.717) is 0 Å². The van der Waals surface area contributed by atoms with Crippen LogP contribution in [0.3, 0.4) is 0 Å². The second kappa shape index (κ2) is 5.01. The highest BCUT2D eigenvalue weighted by atomic mass is 16.3. The molecule has 0 aliphatic rings. The van der Waals surface area contributed by atoms with Crippen molar-refractivity contribution in [2.75, 3.05) is 0 Å². The molecule has 1 aromatic rings. The summed E-state index contributed by atoms with van der Waals surface area (Å²) in [4.78, 5) is 10.6. The van der Waals surface area contributed by atoms with Crippen LogP contribution in [0.15, 0.2) is 24.3 Å². The lowest BCUT2D eigenvalue weighted by molar-refractivity contribution is -0.110. The average molecular weight is 221 g/mol. The van der Waals surface area contributed by atoms with Crippen LogP contribution >= 0.6 is 0 Å². The largest absolute Gasteiger partial charge is 0.508 e. The first-order chi connectivity index (χ1) is 7.43. The molecule has 0 radical (unpaired) electrons. The van der Waals surface area contributed by atoms with Crippen LogP contribution in [0.2, 0.25) is 0 Å². The Hall–Kier alpha value is -1.51. The molecule has 0 saturated heterocycles. The van der Waals surface area contributed by atoms with E-state index in [4.69, 9.17) is 0 Å². The van der Waals surface area contributed by atoms with Gasteiger partial charge in [-0.15, -0.1) is 0 Å². The summed E-state index contributed by atoms with van der Waals surface area (Å²) < 4.78 is 0. The summed E-state index contributed by atoms with van der Waals surface area (Å²) in [5.74, 6) is 0.263. The van der Waals surface area contributed by atoms with Gasteiger partial charge in [0.2, 0.25) is 6.41 Å². The zero-order valence-corrected chi connectivity index (χ0v) is 10.0. The van der Waals surface area contributed by atoms with Crippen LogP contribution in [0.5, 0.6) is 5.75 Å². The van der Waals surface area contributed by atoms with Gasteiger partial charge in [-0.05, 0) is 29.5 Å². The molecule has 16 heavy (non-hydrogen) atoms. The third-order valence-corrected chi connectivity index (χ3v) is 2.69. The third-order valence-electron chi connectivity index (χ3n) is 2.69. The van der Waals surface area contributed by atoms with E-state index in [1.807, 2.05) is 12.1 Å². The molecule has 0 aliphatic carbocycles. The van der Waals surface area contributed by atoms with Crippen LogP contribution in [0.1, 0.15) is 26.3 Å². The molecule has 2 N–H and O–H groups in total. The molecular formula is C13H19NO2. The highest BCUT2D eigenvalue weighted by Gasteiger charge is 2.23. The van der Waals surface area contributed by atoms with Crippen LogP contribution < -0.4 is 5.32 Å². The summed E-state index contributed by atoms with van der Waals surface area (Å²) in [7, 11) is 0. The molecule has 0 aliphatic heterocycles. The predicted molar refractivity (Wildman–Crippen MR) is 64.3 cm³/mol. The molecule has 3 heteroatoms. The van der Waals surface area contributed by atoms with Crippen molar-refractivity contribution in [1.82, 2.24) is 5.32 Å². The first kappa shape index (κ1) is 12.6. The molecule has 0 fully saturated rings. The molecule has 0 heterocycles. The SMILES string of the molecule is CC(C)(C)C(Cc1ccc(O)cc1)NC=O. The van der Waals surface area contributed by atoms with E-state index in [9.17, 15) is 9.90 Å². The zero-order chi connectivity index (χ0) is 12.2. The minimum Gasteiger partial charge on any atom is -0.508 e. The Kier molecular flexibility index (Phi) is 3.93. The molecule has 0 bridgehead atoms. The number of hydrogen-bond acceptors (Lipinski definition) is 2. The predicted octanol–water partition coefficient (Wildman–Crippen LogP) is 2.10. The summed E-state index contributed by atoms with van der Waals surface area (Å²) in [6.07, 6.45) is 1.51. The highest BCUT2D eigenvalue weighted by molar-refractivity contribution is 5.47. The molecule has 0 spiro atoms. The van der Waals surface area contributed by atoms with Crippen molar-refractivity contribution in [3.63, 3.8) is 0 Å². The number of aromatic hydroxyl groups is 1. The number of nitrogens with one attached hydrogen (secondary N) is 1. The molecular weight excluding hydrogens is 202 g/mol. The summed E-state index contributed by atoms with van der Waals surface area (Å²) in [5, 5.41) is 12.0. The molecule has 0 aromatic heterocycles. The minimum atomic E-state index is 0.0127.